The van der Waals surface area contributed by atoms with Gasteiger partial charge < -0.3 is 25.2 Å². The number of likely N-dealkylation sites (tertiary alicyclic amines) is 2. The van der Waals surface area contributed by atoms with E-state index in [2.05, 4.69) is 32.7 Å². The molecule has 1 unspecified atom stereocenters. The lowest BCUT2D eigenvalue weighted by atomic mass is 9.73. The summed E-state index contributed by atoms with van der Waals surface area (Å²) in [6, 6.07) is 10.2. The second-order valence-corrected chi connectivity index (χ2v) is 13.4. The highest BCUT2D eigenvalue weighted by atomic mass is 16.5. The highest BCUT2D eigenvalue weighted by molar-refractivity contribution is 5.82. The van der Waals surface area contributed by atoms with Crippen LogP contribution in [0.1, 0.15) is 93.4 Å². The predicted molar refractivity (Wildman–Crippen MR) is 178 cm³/mol. The van der Waals surface area contributed by atoms with Crippen LogP contribution in [-0.2, 0) is 27.2 Å². The largest absolute Gasteiger partial charge is 0.491 e. The molecule has 2 N–H and O–H groups in total. The van der Waals surface area contributed by atoms with Gasteiger partial charge in [0.2, 0.25) is 17.7 Å². The number of aromatic nitrogens is 2. The topological polar surface area (TPSA) is 117 Å². The Balaban J connectivity index is 1.04. The van der Waals surface area contributed by atoms with E-state index in [4.69, 9.17) is 9.72 Å². The summed E-state index contributed by atoms with van der Waals surface area (Å²) < 4.78 is 6.02. The monoisotopic (exact) mass is 632 g/mol. The number of fused-ring (bicyclic) bond motifs is 1. The summed E-state index contributed by atoms with van der Waals surface area (Å²) in [4.78, 5) is 51.8. The quantitative estimate of drug-likeness (QED) is 0.475. The molecular formula is C36H52N6O4. The Bertz CT molecular complexity index is 1340. The number of ether oxygens (including phenoxy) is 1. The summed E-state index contributed by atoms with van der Waals surface area (Å²) in [5.41, 5.74) is 2.70. The normalized spacial score (nSPS) is 21.1. The molecule has 46 heavy (non-hydrogen) atoms. The van der Waals surface area contributed by atoms with Crippen molar-refractivity contribution < 1.29 is 19.1 Å². The SMILES string of the molecule is CC(=O)N1CCCC(c2nc(C)cc(CCC(=O)NCCN3CCC4(CCCCCc5ccccc5OCCNC4=O)CC3)n2)C1. The molecule has 4 heterocycles. The smallest absolute Gasteiger partial charge is 0.226 e. The molecule has 3 amide bonds. The van der Waals surface area contributed by atoms with E-state index < -0.39 is 0 Å². The van der Waals surface area contributed by atoms with Gasteiger partial charge in [-0.1, -0.05) is 31.0 Å². The summed E-state index contributed by atoms with van der Waals surface area (Å²) in [7, 11) is 0. The van der Waals surface area contributed by atoms with Gasteiger partial charge in [0, 0.05) is 56.8 Å². The molecule has 0 radical (unpaired) electrons. The molecule has 5 rings (SSSR count). The first kappa shape index (κ1) is 33.8. The molecule has 3 aliphatic heterocycles. The third-order valence-corrected chi connectivity index (χ3v) is 10.0. The maximum absolute atomic E-state index is 13.4. The van der Waals surface area contributed by atoms with Crippen LogP contribution in [0.4, 0.5) is 0 Å². The van der Waals surface area contributed by atoms with Crippen LogP contribution in [0.15, 0.2) is 30.3 Å². The zero-order chi connectivity index (χ0) is 32.4. The van der Waals surface area contributed by atoms with Crippen molar-refractivity contribution in [3.63, 3.8) is 0 Å². The molecule has 10 nitrogen and oxygen atoms in total. The Morgan fingerprint density at radius 2 is 1.89 bits per heavy atom. The summed E-state index contributed by atoms with van der Waals surface area (Å²) in [5.74, 6) is 2.14. The van der Waals surface area contributed by atoms with E-state index in [0.717, 1.165) is 107 Å². The minimum atomic E-state index is -0.322. The van der Waals surface area contributed by atoms with Crippen molar-refractivity contribution in [1.29, 1.82) is 0 Å². The van der Waals surface area contributed by atoms with Crippen molar-refractivity contribution in [2.75, 3.05) is 52.4 Å². The Morgan fingerprint density at radius 1 is 1.07 bits per heavy atom. The molecule has 0 aliphatic carbocycles. The van der Waals surface area contributed by atoms with E-state index in [1.54, 1.807) is 6.92 Å². The van der Waals surface area contributed by atoms with Crippen molar-refractivity contribution in [1.82, 2.24) is 30.4 Å². The van der Waals surface area contributed by atoms with Crippen molar-refractivity contribution in [3.8, 4) is 5.75 Å². The standard InChI is InChI=1S/C36H52N6O4/c1-27-25-31(40-34(39-27)30-11-8-20-42(26-30)28(2)43)13-14-33(44)37-18-23-41-21-16-36(17-22-41)15-7-3-4-9-29-10-5-6-12-32(29)46-24-19-38-35(36)45/h5-6,10,12,25,30H,3-4,7-9,11,13-24,26H2,1-2H3,(H,37,44)(H,38,45). The van der Waals surface area contributed by atoms with Crippen LogP contribution < -0.4 is 15.4 Å². The number of nitrogens with one attached hydrogen (secondary N) is 2. The molecular weight excluding hydrogens is 580 g/mol. The molecule has 0 bridgehead atoms. The molecule has 1 aromatic carbocycles. The van der Waals surface area contributed by atoms with Gasteiger partial charge in [-0.05, 0) is 89.1 Å². The average molecular weight is 633 g/mol. The summed E-state index contributed by atoms with van der Waals surface area (Å²) in [6.45, 7) is 9.10. The van der Waals surface area contributed by atoms with Crippen LogP contribution in [0, 0.1) is 12.3 Å². The molecule has 2 saturated heterocycles. The maximum atomic E-state index is 13.4. The van der Waals surface area contributed by atoms with E-state index >= 15 is 0 Å². The van der Waals surface area contributed by atoms with E-state index in [-0.39, 0.29) is 29.1 Å². The molecule has 1 atom stereocenters. The molecule has 250 valence electrons. The predicted octanol–water partition coefficient (Wildman–Crippen LogP) is 3.95. The van der Waals surface area contributed by atoms with Gasteiger partial charge >= 0.3 is 0 Å². The first-order chi connectivity index (χ1) is 22.3. The lowest BCUT2D eigenvalue weighted by molar-refractivity contribution is -0.134. The van der Waals surface area contributed by atoms with E-state index in [1.807, 2.05) is 30.0 Å². The fourth-order valence-corrected chi connectivity index (χ4v) is 7.24. The second-order valence-electron chi connectivity index (χ2n) is 13.4. The highest BCUT2D eigenvalue weighted by Crippen LogP contribution is 2.37. The number of aryl methyl sites for hydroxylation is 3. The van der Waals surface area contributed by atoms with Gasteiger partial charge in [0.1, 0.15) is 18.2 Å². The van der Waals surface area contributed by atoms with Gasteiger partial charge in [-0.15, -0.1) is 0 Å². The van der Waals surface area contributed by atoms with Crippen molar-refractivity contribution >= 4 is 17.7 Å². The van der Waals surface area contributed by atoms with Crippen LogP contribution in [0.25, 0.3) is 0 Å². The molecule has 2 fully saturated rings. The van der Waals surface area contributed by atoms with Crippen LogP contribution in [-0.4, -0.2) is 89.9 Å². The number of carbonyl (C=O) groups excluding carboxylic acids is 3. The molecule has 10 heteroatoms. The van der Waals surface area contributed by atoms with Gasteiger partial charge in [0.15, 0.2) is 0 Å². The number of piperidine rings is 2. The molecule has 2 aromatic rings. The second kappa shape index (κ2) is 16.3. The Labute approximate surface area is 274 Å². The maximum Gasteiger partial charge on any atom is 0.226 e. The first-order valence-corrected chi connectivity index (χ1v) is 17.4. The summed E-state index contributed by atoms with van der Waals surface area (Å²) in [5, 5.41) is 6.27. The summed E-state index contributed by atoms with van der Waals surface area (Å²) >= 11 is 0. The van der Waals surface area contributed by atoms with Gasteiger partial charge in [-0.25, -0.2) is 9.97 Å². The van der Waals surface area contributed by atoms with Crippen LogP contribution in [0.3, 0.4) is 0 Å². The van der Waals surface area contributed by atoms with Gasteiger partial charge in [0.25, 0.3) is 0 Å². The van der Waals surface area contributed by atoms with Gasteiger partial charge in [-0.3, -0.25) is 14.4 Å². The van der Waals surface area contributed by atoms with E-state index in [1.165, 1.54) is 5.56 Å². The number of carbonyl (C=O) groups is 3. The molecule has 0 saturated carbocycles. The zero-order valence-electron chi connectivity index (χ0n) is 27.8. The van der Waals surface area contributed by atoms with Crippen molar-refractivity contribution in [2.24, 2.45) is 5.41 Å². The van der Waals surface area contributed by atoms with Gasteiger partial charge in [-0.2, -0.15) is 0 Å². The highest BCUT2D eigenvalue weighted by Gasteiger charge is 2.40. The number of rotatable bonds is 7. The Kier molecular flexibility index (Phi) is 12.0. The minimum Gasteiger partial charge on any atom is -0.491 e. The molecule has 1 aromatic heterocycles. The number of amides is 3. The fraction of sp³-hybridized carbons (Fsp3) is 0.639. The van der Waals surface area contributed by atoms with Crippen LogP contribution in [0.5, 0.6) is 5.75 Å². The number of hydrogen-bond acceptors (Lipinski definition) is 7. The zero-order valence-corrected chi connectivity index (χ0v) is 27.8. The molecule has 1 spiro atoms. The number of nitrogens with zero attached hydrogens (tertiary/aromatic N) is 4. The molecule has 3 aliphatic rings. The van der Waals surface area contributed by atoms with Crippen LogP contribution >= 0.6 is 0 Å². The number of para-hydroxylation sites is 1. The van der Waals surface area contributed by atoms with E-state index in [0.29, 0.717) is 39.1 Å². The van der Waals surface area contributed by atoms with Crippen LogP contribution in [0.2, 0.25) is 0 Å². The number of benzene rings is 1. The fourth-order valence-electron chi connectivity index (χ4n) is 7.24. The number of hydrogen-bond donors (Lipinski definition) is 2. The average Bonchev–Trinajstić information content (AvgIpc) is 3.07. The third-order valence-electron chi connectivity index (χ3n) is 10.0. The Hall–Kier alpha value is -3.53. The van der Waals surface area contributed by atoms with E-state index in [9.17, 15) is 14.4 Å². The summed E-state index contributed by atoms with van der Waals surface area (Å²) in [6.07, 6.45) is 9.73. The first-order valence-electron chi connectivity index (χ1n) is 17.4. The third kappa shape index (κ3) is 9.27. The van der Waals surface area contributed by atoms with Crippen molar-refractivity contribution in [2.45, 2.75) is 90.4 Å². The lowest BCUT2D eigenvalue weighted by Crippen LogP contribution is -2.50. The lowest BCUT2D eigenvalue weighted by Gasteiger charge is -2.41. The minimum absolute atomic E-state index is 0.0192. The van der Waals surface area contributed by atoms with Gasteiger partial charge in [0.05, 0.1) is 12.0 Å². The Morgan fingerprint density at radius 3 is 2.72 bits per heavy atom. The van der Waals surface area contributed by atoms with Crippen molar-refractivity contribution in [3.05, 3.63) is 53.1 Å².